The van der Waals surface area contributed by atoms with E-state index in [4.69, 9.17) is 4.42 Å². The number of rotatable bonds is 6. The van der Waals surface area contributed by atoms with Gasteiger partial charge in [0.1, 0.15) is 11.5 Å². The van der Waals surface area contributed by atoms with Crippen LogP contribution in [0.5, 0.6) is 0 Å². The zero-order chi connectivity index (χ0) is 22.2. The topological polar surface area (TPSA) is 80.7 Å². The second-order valence-electron chi connectivity index (χ2n) is 5.93. The van der Waals surface area contributed by atoms with Crippen LogP contribution < -0.4 is 5.43 Å². The molecule has 2 rings (SSSR count). The molecule has 0 amide bonds. The number of halogens is 7. The highest BCUT2D eigenvalue weighted by atomic mass is 19.4. The van der Waals surface area contributed by atoms with Gasteiger partial charge >= 0.3 is 18.1 Å². The van der Waals surface area contributed by atoms with E-state index >= 15 is 0 Å². The van der Waals surface area contributed by atoms with Crippen LogP contribution in [-0.4, -0.2) is 29.3 Å². The van der Waals surface area contributed by atoms with Crippen molar-refractivity contribution in [3.8, 4) is 11.3 Å². The molecule has 0 saturated heterocycles. The highest BCUT2D eigenvalue weighted by Crippen LogP contribution is 2.45. The molecule has 1 heterocycles. The third-order valence-electron chi connectivity index (χ3n) is 3.85. The molecule has 0 aliphatic rings. The Morgan fingerprint density at radius 2 is 1.66 bits per heavy atom. The number of nitro benzene ring substituents is 1. The fourth-order valence-electron chi connectivity index (χ4n) is 2.14. The zero-order valence-corrected chi connectivity index (χ0v) is 14.7. The molecule has 0 radical (unpaired) electrons. The SMILES string of the molecule is Cc1cc(-c2ccc(/C=N/NC(F)(F)C(F)(F)C(F)(F)F)o2)c([N+](=O)[O-])cc1C. The van der Waals surface area contributed by atoms with Crippen LogP contribution in [0.15, 0.2) is 33.8 Å². The number of nitrogens with zero attached hydrogens (tertiary/aromatic N) is 2. The van der Waals surface area contributed by atoms with E-state index in [0.717, 1.165) is 6.07 Å². The highest BCUT2D eigenvalue weighted by Gasteiger charge is 2.73. The van der Waals surface area contributed by atoms with Crippen LogP contribution in [0, 0.1) is 24.0 Å². The molecule has 1 aromatic heterocycles. The van der Waals surface area contributed by atoms with Gasteiger partial charge in [-0.15, -0.1) is 0 Å². The Bertz CT molecular complexity index is 952. The Labute approximate surface area is 158 Å². The fraction of sp³-hybridized carbons (Fsp3) is 0.312. The molecule has 158 valence electrons. The van der Waals surface area contributed by atoms with Crippen LogP contribution in [0.25, 0.3) is 11.3 Å². The van der Waals surface area contributed by atoms with Gasteiger partial charge in [-0.05, 0) is 43.2 Å². The molecular weight excluding hydrogens is 415 g/mol. The van der Waals surface area contributed by atoms with E-state index in [1.165, 1.54) is 18.2 Å². The van der Waals surface area contributed by atoms with Crippen molar-refractivity contribution in [2.24, 2.45) is 5.10 Å². The van der Waals surface area contributed by atoms with Gasteiger partial charge in [-0.1, -0.05) is 0 Å². The molecule has 0 aliphatic carbocycles. The molecule has 13 heteroatoms. The number of hydrogen-bond donors (Lipinski definition) is 1. The first kappa shape index (κ1) is 22.2. The molecule has 0 atom stereocenters. The Kier molecular flexibility index (Phi) is 5.63. The molecular formula is C16H12F7N3O3. The lowest BCUT2D eigenvalue weighted by atomic mass is 10.0. The quantitative estimate of drug-likeness (QED) is 0.226. The van der Waals surface area contributed by atoms with Crippen molar-refractivity contribution in [2.45, 2.75) is 32.0 Å². The highest BCUT2D eigenvalue weighted by molar-refractivity contribution is 5.79. The molecule has 0 aliphatic heterocycles. The summed E-state index contributed by atoms with van der Waals surface area (Å²) in [5.74, 6) is -6.76. The Balaban J connectivity index is 2.26. The van der Waals surface area contributed by atoms with E-state index in [-0.39, 0.29) is 22.8 Å². The molecule has 0 saturated carbocycles. The van der Waals surface area contributed by atoms with Gasteiger partial charge in [0, 0.05) is 6.07 Å². The third kappa shape index (κ3) is 4.32. The average molecular weight is 427 g/mol. The predicted molar refractivity (Wildman–Crippen MR) is 87.0 cm³/mol. The number of hydrogen-bond acceptors (Lipinski definition) is 5. The largest absolute Gasteiger partial charge is 0.462 e. The van der Waals surface area contributed by atoms with Crippen LogP contribution in [0.2, 0.25) is 0 Å². The van der Waals surface area contributed by atoms with E-state index in [9.17, 15) is 40.8 Å². The number of benzene rings is 1. The lowest BCUT2D eigenvalue weighted by Crippen LogP contribution is -2.58. The van der Waals surface area contributed by atoms with Gasteiger partial charge in [0.15, 0.2) is 0 Å². The van der Waals surface area contributed by atoms with Crippen molar-refractivity contribution < 1.29 is 40.1 Å². The number of aryl methyl sites for hydroxylation is 2. The van der Waals surface area contributed by atoms with Gasteiger partial charge < -0.3 is 4.42 Å². The summed E-state index contributed by atoms with van der Waals surface area (Å²) in [6.45, 7) is 3.33. The third-order valence-corrected chi connectivity index (χ3v) is 3.85. The van der Waals surface area contributed by atoms with E-state index in [0.29, 0.717) is 22.8 Å². The molecule has 1 aromatic carbocycles. The van der Waals surface area contributed by atoms with E-state index < -0.39 is 23.1 Å². The maximum Gasteiger partial charge on any atom is 0.462 e. The first-order valence-electron chi connectivity index (χ1n) is 7.66. The number of hydrazone groups is 1. The van der Waals surface area contributed by atoms with Crippen LogP contribution in [0.1, 0.15) is 16.9 Å². The number of nitro groups is 1. The Hall–Kier alpha value is -3.12. The second-order valence-corrected chi connectivity index (χ2v) is 5.93. The van der Waals surface area contributed by atoms with Crippen LogP contribution in [0.4, 0.5) is 36.4 Å². The van der Waals surface area contributed by atoms with Crippen molar-refractivity contribution in [3.63, 3.8) is 0 Å². The molecule has 0 fully saturated rings. The molecule has 6 nitrogen and oxygen atoms in total. The summed E-state index contributed by atoms with van der Waals surface area (Å²) < 4.78 is 93.0. The van der Waals surface area contributed by atoms with Crippen molar-refractivity contribution in [3.05, 3.63) is 51.3 Å². The van der Waals surface area contributed by atoms with Gasteiger partial charge in [-0.2, -0.15) is 35.8 Å². The van der Waals surface area contributed by atoms with Crippen molar-refractivity contribution in [2.75, 3.05) is 0 Å². The van der Waals surface area contributed by atoms with Gasteiger partial charge in [-0.3, -0.25) is 10.1 Å². The lowest BCUT2D eigenvalue weighted by molar-refractivity contribution is -0.384. The summed E-state index contributed by atoms with van der Waals surface area (Å²) in [6.07, 6.45) is -6.07. The molecule has 0 unspecified atom stereocenters. The van der Waals surface area contributed by atoms with Gasteiger partial charge in [0.25, 0.3) is 5.69 Å². The Morgan fingerprint density at radius 1 is 1.07 bits per heavy atom. The molecule has 2 aromatic rings. The summed E-state index contributed by atoms with van der Waals surface area (Å²) in [5, 5.41) is 13.9. The fourth-order valence-corrected chi connectivity index (χ4v) is 2.14. The minimum Gasteiger partial charge on any atom is -0.455 e. The van der Waals surface area contributed by atoms with Crippen LogP contribution in [-0.2, 0) is 0 Å². The first-order chi connectivity index (χ1) is 13.2. The minimum absolute atomic E-state index is 0.0552. The van der Waals surface area contributed by atoms with Crippen molar-refractivity contribution in [1.82, 2.24) is 5.43 Å². The first-order valence-corrected chi connectivity index (χ1v) is 7.66. The van der Waals surface area contributed by atoms with Crippen molar-refractivity contribution >= 4 is 11.9 Å². The number of alkyl halides is 7. The maximum absolute atomic E-state index is 13.1. The van der Waals surface area contributed by atoms with Crippen LogP contribution in [0.3, 0.4) is 0 Å². The van der Waals surface area contributed by atoms with E-state index in [1.54, 1.807) is 13.8 Å². The zero-order valence-electron chi connectivity index (χ0n) is 14.7. The Morgan fingerprint density at radius 3 is 2.21 bits per heavy atom. The van der Waals surface area contributed by atoms with Crippen molar-refractivity contribution in [1.29, 1.82) is 0 Å². The second kappa shape index (κ2) is 7.37. The average Bonchev–Trinajstić information content (AvgIpc) is 3.04. The van der Waals surface area contributed by atoms with Gasteiger partial charge in [-0.25, -0.2) is 5.43 Å². The lowest BCUT2D eigenvalue weighted by Gasteiger charge is -2.27. The molecule has 29 heavy (non-hydrogen) atoms. The normalized spacial score (nSPS) is 13.1. The van der Waals surface area contributed by atoms with E-state index in [2.05, 4.69) is 5.10 Å². The minimum atomic E-state index is -6.50. The number of furan rings is 1. The van der Waals surface area contributed by atoms with Gasteiger partial charge in [0.05, 0.1) is 16.7 Å². The monoisotopic (exact) mass is 427 g/mol. The van der Waals surface area contributed by atoms with Gasteiger partial charge in [0.2, 0.25) is 0 Å². The molecule has 0 bridgehead atoms. The molecule has 1 N–H and O–H groups in total. The summed E-state index contributed by atoms with van der Waals surface area (Å²) in [6, 6.07) is -0.643. The predicted octanol–water partition coefficient (Wildman–Crippen LogP) is 5.19. The summed E-state index contributed by atoms with van der Waals surface area (Å²) >= 11 is 0. The number of nitrogens with one attached hydrogen (secondary N) is 1. The molecule has 0 spiro atoms. The van der Waals surface area contributed by atoms with E-state index in [1.807, 2.05) is 0 Å². The maximum atomic E-state index is 13.1. The van der Waals surface area contributed by atoms with Crippen LogP contribution >= 0.6 is 0 Å². The standard InChI is InChI=1S/C16H12F7N3O3/c1-8-5-11(12(26(27)28)6-9(8)2)13-4-3-10(29-13)7-24-25-16(22,23)14(17,18)15(19,20)21/h3-7,25H,1-2H3/b24-7+. The summed E-state index contributed by atoms with van der Waals surface area (Å²) in [4.78, 5) is 10.5. The summed E-state index contributed by atoms with van der Waals surface area (Å²) in [5.41, 5.74) is 1.52. The summed E-state index contributed by atoms with van der Waals surface area (Å²) in [7, 11) is 0. The smallest absolute Gasteiger partial charge is 0.455 e.